The van der Waals surface area contributed by atoms with Crippen LogP contribution in [0.15, 0.2) is 48.7 Å². The van der Waals surface area contributed by atoms with E-state index in [-0.39, 0.29) is 5.82 Å². The Morgan fingerprint density at radius 2 is 1.89 bits per heavy atom. The lowest BCUT2D eigenvalue weighted by molar-refractivity contribution is 0.617. The van der Waals surface area contributed by atoms with Crippen molar-refractivity contribution in [1.29, 1.82) is 0 Å². The Balaban J connectivity index is 2.08. The monoisotopic (exact) mass is 255 g/mol. The number of pyridine rings is 1. The molecule has 0 bridgehead atoms. The summed E-state index contributed by atoms with van der Waals surface area (Å²) < 4.78 is 15.0. The molecular formula is C15H14FN3. The van der Waals surface area contributed by atoms with Gasteiger partial charge >= 0.3 is 0 Å². The molecule has 96 valence electrons. The SMILES string of the molecule is NCc1c(Cc2ccccc2)nc2ccc(F)cn12. The molecule has 0 saturated heterocycles. The predicted molar refractivity (Wildman–Crippen MR) is 72.3 cm³/mol. The third-order valence-corrected chi connectivity index (χ3v) is 3.17. The van der Waals surface area contributed by atoms with Crippen LogP contribution < -0.4 is 5.73 Å². The van der Waals surface area contributed by atoms with Gasteiger partial charge in [-0.2, -0.15) is 0 Å². The number of nitrogens with zero attached hydrogens (tertiary/aromatic N) is 2. The summed E-state index contributed by atoms with van der Waals surface area (Å²) in [6.45, 7) is 0.340. The zero-order valence-corrected chi connectivity index (χ0v) is 10.4. The number of halogens is 1. The fourth-order valence-corrected chi connectivity index (χ4v) is 2.26. The maximum absolute atomic E-state index is 13.3. The molecule has 0 atom stereocenters. The van der Waals surface area contributed by atoms with E-state index in [1.54, 1.807) is 10.5 Å². The molecule has 2 heterocycles. The van der Waals surface area contributed by atoms with Gasteiger partial charge in [0.15, 0.2) is 0 Å². The van der Waals surface area contributed by atoms with Crippen LogP contribution in [-0.2, 0) is 13.0 Å². The van der Waals surface area contributed by atoms with Gasteiger partial charge in [0.25, 0.3) is 0 Å². The molecule has 0 aliphatic heterocycles. The van der Waals surface area contributed by atoms with E-state index < -0.39 is 0 Å². The van der Waals surface area contributed by atoms with Crippen LogP contribution in [0.3, 0.4) is 0 Å². The fraction of sp³-hybridized carbons (Fsp3) is 0.133. The molecule has 0 aliphatic carbocycles. The topological polar surface area (TPSA) is 43.3 Å². The molecule has 0 fully saturated rings. The molecule has 0 unspecified atom stereocenters. The van der Waals surface area contributed by atoms with Crippen molar-refractivity contribution in [3.05, 3.63) is 71.4 Å². The first-order valence-corrected chi connectivity index (χ1v) is 6.17. The smallest absolute Gasteiger partial charge is 0.139 e. The van der Waals surface area contributed by atoms with Crippen molar-refractivity contribution in [3.63, 3.8) is 0 Å². The average molecular weight is 255 g/mol. The lowest BCUT2D eigenvalue weighted by atomic mass is 10.1. The average Bonchev–Trinajstić information content (AvgIpc) is 2.76. The van der Waals surface area contributed by atoms with Gasteiger partial charge in [0.05, 0.1) is 11.4 Å². The van der Waals surface area contributed by atoms with E-state index in [4.69, 9.17) is 5.73 Å². The highest BCUT2D eigenvalue weighted by Gasteiger charge is 2.11. The summed E-state index contributed by atoms with van der Waals surface area (Å²) in [7, 11) is 0. The fourth-order valence-electron chi connectivity index (χ4n) is 2.26. The number of hydrogen-bond donors (Lipinski definition) is 1. The molecule has 0 saturated carbocycles. The van der Waals surface area contributed by atoms with E-state index in [9.17, 15) is 4.39 Å². The summed E-state index contributed by atoms with van der Waals surface area (Å²) in [5.74, 6) is -0.286. The molecule has 0 spiro atoms. The Kier molecular flexibility index (Phi) is 3.01. The van der Waals surface area contributed by atoms with Gasteiger partial charge in [-0.1, -0.05) is 30.3 Å². The maximum Gasteiger partial charge on any atom is 0.139 e. The van der Waals surface area contributed by atoms with E-state index >= 15 is 0 Å². The molecule has 3 nitrogen and oxygen atoms in total. The Morgan fingerprint density at radius 3 is 2.63 bits per heavy atom. The van der Waals surface area contributed by atoms with Gasteiger partial charge in [0.2, 0.25) is 0 Å². The summed E-state index contributed by atoms with van der Waals surface area (Å²) in [6, 6.07) is 13.1. The minimum atomic E-state index is -0.286. The second-order valence-corrected chi connectivity index (χ2v) is 4.45. The first-order chi connectivity index (χ1) is 9.28. The van der Waals surface area contributed by atoms with Gasteiger partial charge in [-0.05, 0) is 17.7 Å². The third-order valence-electron chi connectivity index (χ3n) is 3.17. The molecule has 0 radical (unpaired) electrons. The van der Waals surface area contributed by atoms with Gasteiger partial charge < -0.3 is 5.73 Å². The van der Waals surface area contributed by atoms with E-state index in [1.807, 2.05) is 30.3 Å². The molecular weight excluding hydrogens is 241 g/mol. The van der Waals surface area contributed by atoms with Crippen LogP contribution in [0.5, 0.6) is 0 Å². The van der Waals surface area contributed by atoms with Crippen LogP contribution >= 0.6 is 0 Å². The van der Waals surface area contributed by atoms with Gasteiger partial charge in [0, 0.05) is 19.2 Å². The Labute approximate surface area is 110 Å². The lowest BCUT2D eigenvalue weighted by Crippen LogP contribution is -2.05. The van der Waals surface area contributed by atoms with Crippen molar-refractivity contribution in [1.82, 2.24) is 9.38 Å². The van der Waals surface area contributed by atoms with Gasteiger partial charge in [-0.25, -0.2) is 9.37 Å². The van der Waals surface area contributed by atoms with E-state index in [1.165, 1.54) is 17.8 Å². The summed E-state index contributed by atoms with van der Waals surface area (Å²) in [5, 5.41) is 0. The molecule has 19 heavy (non-hydrogen) atoms. The number of nitrogens with two attached hydrogens (primary N) is 1. The van der Waals surface area contributed by atoms with Crippen LogP contribution in [-0.4, -0.2) is 9.38 Å². The first-order valence-electron chi connectivity index (χ1n) is 6.17. The Bertz CT molecular complexity index is 704. The predicted octanol–water partition coefficient (Wildman–Crippen LogP) is 2.52. The van der Waals surface area contributed by atoms with Crippen LogP contribution in [0.25, 0.3) is 5.65 Å². The first kappa shape index (κ1) is 11.9. The third kappa shape index (κ3) is 2.22. The number of hydrogen-bond acceptors (Lipinski definition) is 2. The maximum atomic E-state index is 13.3. The van der Waals surface area contributed by atoms with Crippen molar-refractivity contribution in [2.24, 2.45) is 5.73 Å². The number of fused-ring (bicyclic) bond motifs is 1. The van der Waals surface area contributed by atoms with Gasteiger partial charge in [-0.15, -0.1) is 0 Å². The summed E-state index contributed by atoms with van der Waals surface area (Å²) in [4.78, 5) is 4.54. The Hall–Kier alpha value is -2.20. The number of imidazole rings is 1. The number of benzene rings is 1. The number of rotatable bonds is 3. The van der Waals surface area contributed by atoms with Crippen molar-refractivity contribution >= 4 is 5.65 Å². The quantitative estimate of drug-likeness (QED) is 0.781. The summed E-state index contributed by atoms with van der Waals surface area (Å²) in [6.07, 6.45) is 2.13. The van der Waals surface area contributed by atoms with Crippen LogP contribution in [0.4, 0.5) is 4.39 Å². The highest BCUT2D eigenvalue weighted by molar-refractivity contribution is 5.44. The summed E-state index contributed by atoms with van der Waals surface area (Å²) in [5.41, 5.74) is 9.44. The van der Waals surface area contributed by atoms with Crippen LogP contribution in [0.1, 0.15) is 17.0 Å². The van der Waals surface area contributed by atoms with Crippen molar-refractivity contribution < 1.29 is 4.39 Å². The van der Waals surface area contributed by atoms with E-state index in [0.717, 1.165) is 17.0 Å². The van der Waals surface area contributed by atoms with E-state index in [2.05, 4.69) is 4.98 Å². The normalized spacial score (nSPS) is 11.1. The molecule has 0 amide bonds. The van der Waals surface area contributed by atoms with Crippen molar-refractivity contribution in [2.45, 2.75) is 13.0 Å². The lowest BCUT2D eigenvalue weighted by Gasteiger charge is -2.02. The minimum absolute atomic E-state index is 0.286. The van der Waals surface area contributed by atoms with Crippen LogP contribution in [0.2, 0.25) is 0 Å². The molecule has 2 N–H and O–H groups in total. The minimum Gasteiger partial charge on any atom is -0.325 e. The second-order valence-electron chi connectivity index (χ2n) is 4.45. The van der Waals surface area contributed by atoms with E-state index in [0.29, 0.717) is 13.0 Å². The van der Waals surface area contributed by atoms with Crippen LogP contribution in [0, 0.1) is 5.82 Å². The highest BCUT2D eigenvalue weighted by Crippen LogP contribution is 2.17. The van der Waals surface area contributed by atoms with Gasteiger partial charge in [-0.3, -0.25) is 4.40 Å². The van der Waals surface area contributed by atoms with Crippen molar-refractivity contribution in [3.8, 4) is 0 Å². The molecule has 3 aromatic rings. The molecule has 2 aromatic heterocycles. The zero-order valence-electron chi connectivity index (χ0n) is 10.4. The Morgan fingerprint density at radius 1 is 1.11 bits per heavy atom. The zero-order chi connectivity index (χ0) is 13.2. The standard InChI is InChI=1S/C15H14FN3/c16-12-6-7-15-18-13(14(9-17)19(15)10-12)8-11-4-2-1-3-5-11/h1-7,10H,8-9,17H2. The molecule has 1 aromatic carbocycles. The highest BCUT2D eigenvalue weighted by atomic mass is 19.1. The summed E-state index contributed by atoms with van der Waals surface area (Å²) >= 11 is 0. The largest absolute Gasteiger partial charge is 0.325 e. The molecule has 4 heteroatoms. The molecule has 0 aliphatic rings. The number of aromatic nitrogens is 2. The van der Waals surface area contributed by atoms with Gasteiger partial charge in [0.1, 0.15) is 11.5 Å². The molecule has 3 rings (SSSR count). The second kappa shape index (κ2) is 4.82. The van der Waals surface area contributed by atoms with Crippen molar-refractivity contribution in [2.75, 3.05) is 0 Å².